The molecule has 0 saturated heterocycles. The van der Waals surface area contributed by atoms with Gasteiger partial charge in [-0.15, -0.1) is 0 Å². The quantitative estimate of drug-likeness (QED) is 0.739. The average molecular weight is 363 g/mol. The molecule has 0 spiro atoms. The van der Waals surface area contributed by atoms with Crippen molar-refractivity contribution in [3.05, 3.63) is 69.7 Å². The average Bonchev–Trinajstić information content (AvgIpc) is 2.62. The molecular weight excluding hydrogens is 339 g/mol. The van der Waals surface area contributed by atoms with Gasteiger partial charge in [-0.2, -0.15) is 0 Å². The molecule has 1 aliphatic carbocycles. The molecule has 0 heterocycles. The van der Waals surface area contributed by atoms with Crippen molar-refractivity contribution in [3.8, 4) is 0 Å². The third-order valence-electron chi connectivity index (χ3n) is 4.74. The Morgan fingerprint density at radius 2 is 0.958 bits per heavy atom. The van der Waals surface area contributed by atoms with Crippen LogP contribution in [0, 0.1) is 0 Å². The first-order chi connectivity index (χ1) is 11.7. The lowest BCUT2D eigenvalue weighted by Crippen LogP contribution is -2.39. The summed E-state index contributed by atoms with van der Waals surface area (Å²) in [7, 11) is 0. The van der Waals surface area contributed by atoms with E-state index in [1.807, 2.05) is 24.3 Å². The Kier molecular flexibility index (Phi) is 6.56. The fraction of sp³-hybridized carbons (Fsp3) is 0.400. The van der Waals surface area contributed by atoms with Crippen molar-refractivity contribution in [1.29, 1.82) is 0 Å². The Morgan fingerprint density at radius 3 is 1.29 bits per heavy atom. The standard InChI is InChI=1S/C20H24Cl2N2/c21-17-5-1-15(2-6-17)13-23-19-9-11-20(12-10-19)24-14-16-3-7-18(22)8-4-16/h1-8,19-20,23-24H,9-14H2. The summed E-state index contributed by atoms with van der Waals surface area (Å²) < 4.78 is 0. The molecule has 2 aromatic rings. The largest absolute Gasteiger partial charge is 0.310 e. The first-order valence-electron chi connectivity index (χ1n) is 8.65. The van der Waals surface area contributed by atoms with Crippen LogP contribution in [0.15, 0.2) is 48.5 Å². The van der Waals surface area contributed by atoms with Gasteiger partial charge in [0.1, 0.15) is 0 Å². The smallest absolute Gasteiger partial charge is 0.0406 e. The van der Waals surface area contributed by atoms with Gasteiger partial charge in [-0.25, -0.2) is 0 Å². The number of halogens is 2. The second-order valence-electron chi connectivity index (χ2n) is 6.56. The van der Waals surface area contributed by atoms with E-state index in [0.29, 0.717) is 12.1 Å². The van der Waals surface area contributed by atoms with Crippen LogP contribution in [0.5, 0.6) is 0 Å². The first-order valence-corrected chi connectivity index (χ1v) is 9.40. The highest BCUT2D eigenvalue weighted by Crippen LogP contribution is 2.20. The first kappa shape index (κ1) is 17.8. The second-order valence-corrected chi connectivity index (χ2v) is 7.44. The van der Waals surface area contributed by atoms with E-state index in [9.17, 15) is 0 Å². The van der Waals surface area contributed by atoms with Gasteiger partial charge in [0.2, 0.25) is 0 Å². The van der Waals surface area contributed by atoms with Crippen molar-refractivity contribution in [1.82, 2.24) is 10.6 Å². The Morgan fingerprint density at radius 1 is 0.625 bits per heavy atom. The van der Waals surface area contributed by atoms with Gasteiger partial charge in [0.15, 0.2) is 0 Å². The molecule has 2 nitrogen and oxygen atoms in total. The van der Waals surface area contributed by atoms with E-state index in [1.165, 1.54) is 36.8 Å². The summed E-state index contributed by atoms with van der Waals surface area (Å²) in [5, 5.41) is 8.94. The molecule has 0 radical (unpaired) electrons. The molecular formula is C20H24Cl2N2. The number of nitrogens with one attached hydrogen (secondary N) is 2. The normalized spacial score (nSPS) is 20.9. The number of rotatable bonds is 6. The third-order valence-corrected chi connectivity index (χ3v) is 5.25. The molecule has 0 atom stereocenters. The van der Waals surface area contributed by atoms with Crippen LogP contribution in [-0.2, 0) is 13.1 Å². The predicted molar refractivity (Wildman–Crippen MR) is 103 cm³/mol. The van der Waals surface area contributed by atoms with Gasteiger partial charge in [-0.1, -0.05) is 47.5 Å². The molecule has 4 heteroatoms. The zero-order chi connectivity index (χ0) is 16.8. The Labute approximate surface area is 154 Å². The van der Waals surface area contributed by atoms with Crippen LogP contribution in [0.3, 0.4) is 0 Å². The summed E-state index contributed by atoms with van der Waals surface area (Å²) in [6.45, 7) is 1.84. The Hall–Kier alpha value is -1.06. The molecule has 1 saturated carbocycles. The van der Waals surface area contributed by atoms with Crippen molar-refractivity contribution in [2.45, 2.75) is 50.9 Å². The molecule has 2 aromatic carbocycles. The molecule has 0 aliphatic heterocycles. The number of hydrogen-bond acceptors (Lipinski definition) is 2. The molecule has 1 aliphatic rings. The van der Waals surface area contributed by atoms with Gasteiger partial charge in [-0.3, -0.25) is 0 Å². The van der Waals surface area contributed by atoms with E-state index < -0.39 is 0 Å². The van der Waals surface area contributed by atoms with Crippen molar-refractivity contribution in [3.63, 3.8) is 0 Å². The minimum absolute atomic E-state index is 0.620. The zero-order valence-electron chi connectivity index (χ0n) is 13.8. The zero-order valence-corrected chi connectivity index (χ0v) is 15.3. The van der Waals surface area contributed by atoms with Gasteiger partial charge in [0.05, 0.1) is 0 Å². The van der Waals surface area contributed by atoms with Crippen LogP contribution in [0.1, 0.15) is 36.8 Å². The van der Waals surface area contributed by atoms with Crippen molar-refractivity contribution in [2.24, 2.45) is 0 Å². The fourth-order valence-corrected chi connectivity index (χ4v) is 3.48. The summed E-state index contributed by atoms with van der Waals surface area (Å²) in [4.78, 5) is 0. The number of benzene rings is 2. The van der Waals surface area contributed by atoms with Crippen molar-refractivity contribution < 1.29 is 0 Å². The lowest BCUT2D eigenvalue weighted by atomic mass is 9.91. The van der Waals surface area contributed by atoms with Crippen LogP contribution in [0.2, 0.25) is 10.0 Å². The molecule has 0 unspecified atom stereocenters. The third kappa shape index (κ3) is 5.49. The summed E-state index contributed by atoms with van der Waals surface area (Å²) in [5.41, 5.74) is 2.59. The van der Waals surface area contributed by atoms with E-state index in [4.69, 9.17) is 23.2 Å². The van der Waals surface area contributed by atoms with Crippen LogP contribution in [0.25, 0.3) is 0 Å². The molecule has 2 N–H and O–H groups in total. The monoisotopic (exact) mass is 362 g/mol. The van der Waals surface area contributed by atoms with Gasteiger partial charge in [-0.05, 0) is 61.1 Å². The summed E-state index contributed by atoms with van der Waals surface area (Å²) in [6, 6.07) is 17.4. The van der Waals surface area contributed by atoms with E-state index in [1.54, 1.807) is 0 Å². The highest BCUT2D eigenvalue weighted by molar-refractivity contribution is 6.30. The molecule has 128 valence electrons. The second kappa shape index (κ2) is 8.87. The van der Waals surface area contributed by atoms with Crippen LogP contribution < -0.4 is 10.6 Å². The van der Waals surface area contributed by atoms with Crippen molar-refractivity contribution >= 4 is 23.2 Å². The molecule has 0 aromatic heterocycles. The van der Waals surface area contributed by atoms with Crippen LogP contribution in [-0.4, -0.2) is 12.1 Å². The maximum absolute atomic E-state index is 5.92. The van der Waals surface area contributed by atoms with E-state index in [-0.39, 0.29) is 0 Å². The Balaban J connectivity index is 1.36. The van der Waals surface area contributed by atoms with Crippen LogP contribution in [0.4, 0.5) is 0 Å². The maximum atomic E-state index is 5.92. The van der Waals surface area contributed by atoms with Gasteiger partial charge < -0.3 is 10.6 Å². The number of hydrogen-bond donors (Lipinski definition) is 2. The minimum Gasteiger partial charge on any atom is -0.310 e. The molecule has 0 amide bonds. The topological polar surface area (TPSA) is 24.1 Å². The lowest BCUT2D eigenvalue weighted by Gasteiger charge is -2.30. The summed E-state index contributed by atoms with van der Waals surface area (Å²) >= 11 is 11.8. The molecule has 1 fully saturated rings. The highest BCUT2D eigenvalue weighted by atomic mass is 35.5. The molecule has 0 bridgehead atoms. The predicted octanol–water partition coefficient (Wildman–Crippen LogP) is 5.18. The maximum Gasteiger partial charge on any atom is 0.0406 e. The summed E-state index contributed by atoms with van der Waals surface area (Å²) in [5.74, 6) is 0. The van der Waals surface area contributed by atoms with Gasteiger partial charge in [0.25, 0.3) is 0 Å². The SMILES string of the molecule is Clc1ccc(CNC2CCC(NCc3ccc(Cl)cc3)CC2)cc1. The van der Waals surface area contributed by atoms with E-state index in [2.05, 4.69) is 34.9 Å². The van der Waals surface area contributed by atoms with E-state index >= 15 is 0 Å². The minimum atomic E-state index is 0.620. The van der Waals surface area contributed by atoms with Gasteiger partial charge >= 0.3 is 0 Å². The van der Waals surface area contributed by atoms with Crippen molar-refractivity contribution in [2.75, 3.05) is 0 Å². The van der Waals surface area contributed by atoms with Gasteiger partial charge in [0, 0.05) is 35.2 Å². The van der Waals surface area contributed by atoms with E-state index in [0.717, 1.165) is 23.1 Å². The highest BCUT2D eigenvalue weighted by Gasteiger charge is 2.20. The van der Waals surface area contributed by atoms with Crippen LogP contribution >= 0.6 is 23.2 Å². The Bertz CT molecular complexity index is 560. The fourth-order valence-electron chi connectivity index (χ4n) is 3.23. The molecule has 24 heavy (non-hydrogen) atoms. The molecule has 3 rings (SSSR count). The lowest BCUT2D eigenvalue weighted by molar-refractivity contribution is 0.305. The summed E-state index contributed by atoms with van der Waals surface area (Å²) in [6.07, 6.45) is 4.91.